The van der Waals surface area contributed by atoms with E-state index in [-0.39, 0.29) is 4.90 Å². The van der Waals surface area contributed by atoms with Gasteiger partial charge in [-0.15, -0.1) is 0 Å². The molecule has 7 heteroatoms. The molecule has 2 aromatic rings. The van der Waals surface area contributed by atoms with E-state index in [0.717, 1.165) is 5.56 Å². The summed E-state index contributed by atoms with van der Waals surface area (Å²) >= 11 is 0. The number of nitrogens with one attached hydrogen (secondary N) is 1. The van der Waals surface area contributed by atoms with Gasteiger partial charge >= 0.3 is 0 Å². The molecular weight excluding hydrogens is 264 g/mol. The predicted molar refractivity (Wildman–Crippen MR) is 74.3 cm³/mol. The molecule has 0 bridgehead atoms. The summed E-state index contributed by atoms with van der Waals surface area (Å²) in [7, 11) is -1.97. The second-order valence-corrected chi connectivity index (χ2v) is 6.11. The third-order valence-corrected chi connectivity index (χ3v) is 4.29. The Morgan fingerprint density at radius 3 is 2.58 bits per heavy atom. The van der Waals surface area contributed by atoms with Crippen molar-refractivity contribution >= 4 is 21.4 Å². The number of benzene rings is 1. The van der Waals surface area contributed by atoms with Gasteiger partial charge in [-0.05, 0) is 31.0 Å². The maximum absolute atomic E-state index is 12.2. The second kappa shape index (κ2) is 4.58. The van der Waals surface area contributed by atoms with Crippen LogP contribution in [0.4, 0.5) is 11.4 Å². The molecule has 1 aromatic carbocycles. The van der Waals surface area contributed by atoms with E-state index in [9.17, 15) is 8.42 Å². The van der Waals surface area contributed by atoms with Crippen molar-refractivity contribution in [3.63, 3.8) is 0 Å². The number of sulfonamides is 1. The highest BCUT2D eigenvalue weighted by Crippen LogP contribution is 2.26. The molecule has 0 unspecified atom stereocenters. The fourth-order valence-electron chi connectivity index (χ4n) is 1.72. The molecule has 1 aromatic heterocycles. The molecule has 0 saturated heterocycles. The largest absolute Gasteiger partial charge is 0.398 e. The highest BCUT2D eigenvalue weighted by atomic mass is 32.2. The first-order valence-corrected chi connectivity index (χ1v) is 7.17. The van der Waals surface area contributed by atoms with Gasteiger partial charge in [0.25, 0.3) is 10.0 Å². The molecule has 0 aliphatic carbocycles. The number of aryl methyl sites for hydroxylation is 2. The zero-order chi connectivity index (χ0) is 14.2. The number of aromatic nitrogens is 2. The van der Waals surface area contributed by atoms with E-state index in [1.807, 2.05) is 6.92 Å². The molecule has 3 N–H and O–H groups in total. The lowest BCUT2D eigenvalue weighted by Gasteiger charge is -2.12. The monoisotopic (exact) mass is 280 g/mol. The van der Waals surface area contributed by atoms with Crippen LogP contribution in [0.2, 0.25) is 0 Å². The molecule has 0 fully saturated rings. The first kappa shape index (κ1) is 13.4. The average molecular weight is 280 g/mol. The van der Waals surface area contributed by atoms with Gasteiger partial charge in [-0.25, -0.2) is 8.42 Å². The normalized spacial score (nSPS) is 11.5. The summed E-state index contributed by atoms with van der Waals surface area (Å²) in [6.07, 6.45) is 2.74. The van der Waals surface area contributed by atoms with Crippen LogP contribution in [0.25, 0.3) is 0 Å². The van der Waals surface area contributed by atoms with Crippen LogP contribution >= 0.6 is 0 Å². The first-order valence-electron chi connectivity index (χ1n) is 5.68. The number of rotatable bonds is 3. The smallest absolute Gasteiger partial charge is 0.265 e. The van der Waals surface area contributed by atoms with Crippen LogP contribution in [0.5, 0.6) is 0 Å². The topological polar surface area (TPSA) is 90.0 Å². The van der Waals surface area contributed by atoms with Crippen LogP contribution < -0.4 is 10.5 Å². The maximum atomic E-state index is 12.2. The first-order chi connectivity index (χ1) is 8.81. The van der Waals surface area contributed by atoms with E-state index < -0.39 is 10.0 Å². The van der Waals surface area contributed by atoms with Crippen LogP contribution in [-0.4, -0.2) is 18.2 Å². The third-order valence-electron chi connectivity index (χ3n) is 2.97. The summed E-state index contributed by atoms with van der Waals surface area (Å²) in [5.74, 6) is 0. The lowest BCUT2D eigenvalue weighted by Crippen LogP contribution is -2.14. The van der Waals surface area contributed by atoms with Crippen LogP contribution in [0, 0.1) is 13.8 Å². The number of hydrogen-bond acceptors (Lipinski definition) is 4. The highest BCUT2D eigenvalue weighted by Gasteiger charge is 2.17. The van der Waals surface area contributed by atoms with Gasteiger partial charge in [-0.1, -0.05) is 6.07 Å². The summed E-state index contributed by atoms with van der Waals surface area (Å²) in [6, 6.07) is 3.48. The molecule has 0 amide bonds. The molecule has 0 radical (unpaired) electrons. The van der Waals surface area contributed by atoms with Crippen LogP contribution in [0.15, 0.2) is 29.4 Å². The number of hydrogen-bond donors (Lipinski definition) is 2. The summed E-state index contributed by atoms with van der Waals surface area (Å²) in [5, 5.41) is 3.85. The van der Waals surface area contributed by atoms with Gasteiger partial charge in [0.1, 0.15) is 4.90 Å². The Balaban J connectivity index is 2.39. The van der Waals surface area contributed by atoms with E-state index >= 15 is 0 Å². The molecule has 0 spiro atoms. The van der Waals surface area contributed by atoms with Gasteiger partial charge in [-0.2, -0.15) is 5.10 Å². The van der Waals surface area contributed by atoms with Gasteiger partial charge in [0, 0.05) is 18.9 Å². The highest BCUT2D eigenvalue weighted by molar-refractivity contribution is 7.92. The number of nitrogens with two attached hydrogens (primary N) is 1. The molecule has 0 aliphatic rings. The van der Waals surface area contributed by atoms with Crippen molar-refractivity contribution in [3.05, 3.63) is 35.7 Å². The zero-order valence-electron chi connectivity index (χ0n) is 11.0. The number of nitrogens with zero attached hydrogens (tertiary/aromatic N) is 2. The van der Waals surface area contributed by atoms with Gasteiger partial charge in [-0.3, -0.25) is 9.40 Å². The fraction of sp³-hybridized carbons (Fsp3) is 0.250. The van der Waals surface area contributed by atoms with Crippen molar-refractivity contribution in [1.82, 2.24) is 9.78 Å². The predicted octanol–water partition coefficient (Wildman–Crippen LogP) is 1.42. The molecule has 19 heavy (non-hydrogen) atoms. The summed E-state index contributed by atoms with van der Waals surface area (Å²) in [5.41, 5.74) is 8.59. The minimum Gasteiger partial charge on any atom is -0.398 e. The molecule has 0 aliphatic heterocycles. The van der Waals surface area contributed by atoms with Crippen LogP contribution in [-0.2, 0) is 17.1 Å². The number of anilines is 2. The van der Waals surface area contributed by atoms with Gasteiger partial charge in [0.2, 0.25) is 0 Å². The lowest BCUT2D eigenvalue weighted by atomic mass is 10.1. The summed E-state index contributed by atoms with van der Waals surface area (Å²) in [6.45, 7) is 3.66. The molecule has 0 saturated carbocycles. The lowest BCUT2D eigenvalue weighted by molar-refractivity contribution is 0.601. The van der Waals surface area contributed by atoms with Crippen molar-refractivity contribution in [2.75, 3.05) is 10.5 Å². The Morgan fingerprint density at radius 1 is 1.32 bits per heavy atom. The Bertz CT molecular complexity index is 719. The fourth-order valence-corrected chi connectivity index (χ4v) is 2.82. The molecule has 0 atom stereocenters. The van der Waals surface area contributed by atoms with E-state index in [2.05, 4.69) is 9.82 Å². The van der Waals surface area contributed by atoms with Crippen molar-refractivity contribution in [3.8, 4) is 0 Å². The zero-order valence-corrected chi connectivity index (χ0v) is 11.8. The van der Waals surface area contributed by atoms with Crippen molar-refractivity contribution in [1.29, 1.82) is 0 Å². The van der Waals surface area contributed by atoms with E-state index in [1.165, 1.54) is 17.1 Å². The maximum Gasteiger partial charge on any atom is 0.265 e. The Kier molecular flexibility index (Phi) is 3.23. The standard InChI is InChI=1S/C12H16N4O2S/c1-8-4-5-11(9(2)12(8)13)15-19(17,18)10-6-14-16(3)7-10/h4-7,15H,13H2,1-3H3. The van der Waals surface area contributed by atoms with Crippen molar-refractivity contribution < 1.29 is 8.42 Å². The average Bonchev–Trinajstić information content (AvgIpc) is 2.78. The van der Waals surface area contributed by atoms with Crippen molar-refractivity contribution in [2.24, 2.45) is 7.05 Å². The van der Waals surface area contributed by atoms with E-state index in [1.54, 1.807) is 26.1 Å². The Labute approximate surface area is 112 Å². The summed E-state index contributed by atoms with van der Waals surface area (Å²) < 4.78 is 28.3. The molecule has 2 rings (SSSR count). The SMILES string of the molecule is Cc1ccc(NS(=O)(=O)c2cnn(C)c2)c(C)c1N. The van der Waals surface area contributed by atoms with Gasteiger partial charge in [0.15, 0.2) is 0 Å². The Morgan fingerprint density at radius 2 is 2.00 bits per heavy atom. The van der Waals surface area contributed by atoms with E-state index in [0.29, 0.717) is 16.9 Å². The molecule has 1 heterocycles. The van der Waals surface area contributed by atoms with E-state index in [4.69, 9.17) is 5.73 Å². The van der Waals surface area contributed by atoms with Crippen molar-refractivity contribution in [2.45, 2.75) is 18.7 Å². The quantitative estimate of drug-likeness (QED) is 0.832. The van der Waals surface area contributed by atoms with Crippen LogP contribution in [0.1, 0.15) is 11.1 Å². The molecule has 102 valence electrons. The minimum atomic E-state index is -3.63. The molecular formula is C12H16N4O2S. The minimum absolute atomic E-state index is 0.119. The second-order valence-electron chi connectivity index (χ2n) is 4.42. The molecule has 6 nitrogen and oxygen atoms in total. The summed E-state index contributed by atoms with van der Waals surface area (Å²) in [4.78, 5) is 0.119. The third kappa shape index (κ3) is 2.55. The Hall–Kier alpha value is -2.02. The van der Waals surface area contributed by atoms with Crippen LogP contribution in [0.3, 0.4) is 0 Å². The van der Waals surface area contributed by atoms with Gasteiger partial charge < -0.3 is 5.73 Å². The van der Waals surface area contributed by atoms with Gasteiger partial charge in [0.05, 0.1) is 11.9 Å². The number of nitrogen functional groups attached to an aromatic ring is 1.